The number of aromatic nitrogens is 1. The number of alkyl halides is 3. The molecular formula is C17H15ClF3N3O2S. The van der Waals surface area contributed by atoms with E-state index in [1.54, 1.807) is 0 Å². The number of rotatable bonds is 3. The zero-order valence-corrected chi connectivity index (χ0v) is 15.7. The van der Waals surface area contributed by atoms with Gasteiger partial charge in [-0.2, -0.15) is 13.2 Å². The largest absolute Gasteiger partial charge is 0.471 e. The summed E-state index contributed by atoms with van der Waals surface area (Å²) in [6.07, 6.45) is -1.35. The van der Waals surface area contributed by atoms with Crippen LogP contribution >= 0.6 is 22.9 Å². The fourth-order valence-corrected chi connectivity index (χ4v) is 4.49. The molecule has 1 aliphatic carbocycles. The van der Waals surface area contributed by atoms with Gasteiger partial charge in [0.15, 0.2) is 0 Å². The predicted octanol–water partition coefficient (Wildman–Crippen LogP) is 4.99. The third kappa shape index (κ3) is 4.24. The lowest BCUT2D eigenvalue weighted by Crippen LogP contribution is -2.30. The molecule has 0 saturated carbocycles. The number of pyridine rings is 1. The summed E-state index contributed by atoms with van der Waals surface area (Å²) in [5.74, 6) is -2.51. The maximum atomic E-state index is 12.8. The Labute approximate surface area is 161 Å². The molecule has 1 atom stereocenters. The Morgan fingerprint density at radius 1 is 1.30 bits per heavy atom. The number of carbonyl (C=O) groups is 2. The summed E-state index contributed by atoms with van der Waals surface area (Å²) in [6.45, 7) is 1.91. The minimum absolute atomic E-state index is 0.000431. The van der Waals surface area contributed by atoms with E-state index in [-0.39, 0.29) is 22.3 Å². The van der Waals surface area contributed by atoms with Gasteiger partial charge in [-0.25, -0.2) is 4.98 Å². The van der Waals surface area contributed by atoms with Crippen LogP contribution in [0.5, 0.6) is 0 Å². The summed E-state index contributed by atoms with van der Waals surface area (Å²) >= 11 is 6.78. The van der Waals surface area contributed by atoms with Gasteiger partial charge in [-0.1, -0.05) is 18.5 Å². The molecule has 5 nitrogen and oxygen atoms in total. The van der Waals surface area contributed by atoms with Crippen LogP contribution in [0.25, 0.3) is 0 Å². The number of anilines is 2. The number of hydrogen-bond donors (Lipinski definition) is 2. The molecule has 0 fully saturated rings. The highest BCUT2D eigenvalue weighted by molar-refractivity contribution is 7.17. The third-order valence-corrected chi connectivity index (χ3v) is 5.64. The minimum Gasteiger partial charge on any atom is -0.309 e. The molecule has 0 bridgehead atoms. The van der Waals surface area contributed by atoms with Crippen molar-refractivity contribution in [1.82, 2.24) is 4.98 Å². The first-order chi connectivity index (χ1) is 12.7. The highest BCUT2D eigenvalue weighted by Crippen LogP contribution is 2.44. The number of amides is 2. The summed E-state index contributed by atoms with van der Waals surface area (Å²) < 4.78 is 38.0. The van der Waals surface area contributed by atoms with E-state index in [4.69, 9.17) is 11.6 Å². The van der Waals surface area contributed by atoms with E-state index in [1.165, 1.54) is 18.3 Å². The van der Waals surface area contributed by atoms with Gasteiger partial charge in [-0.05, 0) is 42.9 Å². The molecule has 144 valence electrons. The van der Waals surface area contributed by atoms with Crippen molar-refractivity contribution in [3.63, 3.8) is 0 Å². The zero-order valence-electron chi connectivity index (χ0n) is 14.1. The Kier molecular flexibility index (Phi) is 5.43. The maximum absolute atomic E-state index is 12.8. The standard InChI is InChI=1S/C17H15ClF3N3O2S/c1-8-3-2-4-10-12(8)13(15(27-10)24-16(26)17(19,20)21)14(25)23-11-6-5-9(18)7-22-11/h5-8H,2-4H2,1H3,(H,24,26)(H,22,23,25). The molecule has 27 heavy (non-hydrogen) atoms. The molecule has 0 radical (unpaired) electrons. The van der Waals surface area contributed by atoms with Gasteiger partial charge < -0.3 is 10.6 Å². The molecule has 1 unspecified atom stereocenters. The molecule has 3 rings (SSSR count). The zero-order chi connectivity index (χ0) is 19.8. The van der Waals surface area contributed by atoms with Gasteiger partial charge in [-0.3, -0.25) is 9.59 Å². The smallest absolute Gasteiger partial charge is 0.309 e. The van der Waals surface area contributed by atoms with Crippen molar-refractivity contribution in [3.05, 3.63) is 39.4 Å². The minimum atomic E-state index is -5.04. The van der Waals surface area contributed by atoms with Crippen molar-refractivity contribution in [3.8, 4) is 0 Å². The fourth-order valence-electron chi connectivity index (χ4n) is 3.03. The van der Waals surface area contributed by atoms with E-state index in [9.17, 15) is 22.8 Å². The summed E-state index contributed by atoms with van der Waals surface area (Å²) in [7, 11) is 0. The number of carbonyl (C=O) groups excluding carboxylic acids is 2. The molecule has 2 N–H and O–H groups in total. The topological polar surface area (TPSA) is 71.1 Å². The van der Waals surface area contributed by atoms with Gasteiger partial charge >= 0.3 is 12.1 Å². The second kappa shape index (κ2) is 7.47. The number of aryl methyl sites for hydroxylation is 1. The molecule has 2 aromatic rings. The summed E-state index contributed by atoms with van der Waals surface area (Å²) in [4.78, 5) is 29.0. The van der Waals surface area contributed by atoms with Crippen molar-refractivity contribution >= 4 is 45.6 Å². The third-order valence-electron chi connectivity index (χ3n) is 4.24. The first-order valence-corrected chi connectivity index (χ1v) is 9.33. The number of fused-ring (bicyclic) bond motifs is 1. The number of hydrogen-bond acceptors (Lipinski definition) is 4. The summed E-state index contributed by atoms with van der Waals surface area (Å²) in [5, 5.41) is 4.70. The normalized spacial score (nSPS) is 16.6. The van der Waals surface area contributed by atoms with Gasteiger partial charge in [0.05, 0.1) is 10.6 Å². The van der Waals surface area contributed by atoms with Gasteiger partial charge in [0.25, 0.3) is 5.91 Å². The predicted molar refractivity (Wildman–Crippen MR) is 97.6 cm³/mol. The van der Waals surface area contributed by atoms with Gasteiger partial charge in [0, 0.05) is 11.1 Å². The number of halogens is 4. The van der Waals surface area contributed by atoms with Crippen LogP contribution in [-0.4, -0.2) is 23.0 Å². The second-order valence-corrected chi connectivity index (χ2v) is 7.75. The Bertz CT molecular complexity index is 881. The molecule has 2 amide bonds. The van der Waals surface area contributed by atoms with Gasteiger partial charge in [-0.15, -0.1) is 11.3 Å². The van der Waals surface area contributed by atoms with Crippen LogP contribution in [0.4, 0.5) is 24.0 Å². The quantitative estimate of drug-likeness (QED) is 0.739. The van der Waals surface area contributed by atoms with Crippen molar-refractivity contribution < 1.29 is 22.8 Å². The Balaban J connectivity index is 1.98. The fraction of sp³-hybridized carbons (Fsp3) is 0.353. The molecule has 10 heteroatoms. The van der Waals surface area contributed by atoms with Crippen LogP contribution in [0.2, 0.25) is 5.02 Å². The summed E-state index contributed by atoms with van der Waals surface area (Å²) in [5.41, 5.74) is 0.756. The molecule has 0 spiro atoms. The lowest BCUT2D eigenvalue weighted by atomic mass is 9.86. The molecular weight excluding hydrogens is 403 g/mol. The van der Waals surface area contributed by atoms with Crippen LogP contribution < -0.4 is 10.6 Å². The Hall–Kier alpha value is -2.13. The lowest BCUT2D eigenvalue weighted by molar-refractivity contribution is -0.167. The van der Waals surface area contributed by atoms with Crippen molar-refractivity contribution in [1.29, 1.82) is 0 Å². The maximum Gasteiger partial charge on any atom is 0.471 e. The molecule has 0 aromatic carbocycles. The second-order valence-electron chi connectivity index (χ2n) is 6.20. The van der Waals surface area contributed by atoms with E-state index in [1.807, 2.05) is 12.2 Å². The van der Waals surface area contributed by atoms with E-state index < -0.39 is 18.0 Å². The highest BCUT2D eigenvalue weighted by Gasteiger charge is 2.40. The van der Waals surface area contributed by atoms with Crippen molar-refractivity contribution in [2.45, 2.75) is 38.3 Å². The van der Waals surface area contributed by atoms with E-state index >= 15 is 0 Å². The van der Waals surface area contributed by atoms with E-state index in [0.717, 1.165) is 29.1 Å². The number of thiophene rings is 1. The average Bonchev–Trinajstić information content (AvgIpc) is 2.95. The first kappa shape index (κ1) is 19.6. The van der Waals surface area contributed by atoms with Gasteiger partial charge in [0.1, 0.15) is 10.8 Å². The molecule has 0 aliphatic heterocycles. The highest BCUT2D eigenvalue weighted by atomic mass is 35.5. The van der Waals surface area contributed by atoms with Crippen LogP contribution in [-0.2, 0) is 11.2 Å². The summed E-state index contributed by atoms with van der Waals surface area (Å²) in [6, 6.07) is 3.01. The number of nitrogens with one attached hydrogen (secondary N) is 2. The van der Waals surface area contributed by atoms with Crippen LogP contribution in [0.1, 0.15) is 46.5 Å². The van der Waals surface area contributed by atoms with Crippen molar-refractivity contribution in [2.24, 2.45) is 0 Å². The van der Waals surface area contributed by atoms with Crippen LogP contribution in [0, 0.1) is 0 Å². The van der Waals surface area contributed by atoms with Gasteiger partial charge in [0.2, 0.25) is 0 Å². The van der Waals surface area contributed by atoms with Crippen molar-refractivity contribution in [2.75, 3.05) is 10.6 Å². The monoisotopic (exact) mass is 417 g/mol. The molecule has 2 heterocycles. The Morgan fingerprint density at radius 3 is 2.67 bits per heavy atom. The first-order valence-electron chi connectivity index (χ1n) is 8.13. The van der Waals surface area contributed by atoms with Crippen LogP contribution in [0.3, 0.4) is 0 Å². The molecule has 1 aliphatic rings. The Morgan fingerprint density at radius 2 is 2.04 bits per heavy atom. The van der Waals surface area contributed by atoms with E-state index in [0.29, 0.717) is 17.0 Å². The molecule has 2 aromatic heterocycles. The van der Waals surface area contributed by atoms with Crippen LogP contribution in [0.15, 0.2) is 18.3 Å². The van der Waals surface area contributed by atoms with E-state index in [2.05, 4.69) is 10.3 Å². The SMILES string of the molecule is CC1CCCc2sc(NC(=O)C(F)(F)F)c(C(=O)Nc3ccc(Cl)cn3)c21. The lowest BCUT2D eigenvalue weighted by Gasteiger charge is -2.20. The number of nitrogens with zero attached hydrogens (tertiary/aromatic N) is 1. The molecule has 0 saturated heterocycles. The average molecular weight is 418 g/mol.